The zero-order valence-corrected chi connectivity index (χ0v) is 33.8. The van der Waals surface area contributed by atoms with E-state index in [4.69, 9.17) is 18.3 Å². The summed E-state index contributed by atoms with van der Waals surface area (Å²) in [5, 5.41) is 11.3. The summed E-state index contributed by atoms with van der Waals surface area (Å²) in [4.78, 5) is 13.4. The van der Waals surface area contributed by atoms with Crippen LogP contribution in [0, 0.1) is 23.7 Å². The molecule has 0 saturated carbocycles. The molecule has 2 aliphatic carbocycles. The zero-order chi connectivity index (χ0) is 35.4. The minimum Gasteiger partial charge on any atom is -0.497 e. The van der Waals surface area contributed by atoms with E-state index in [0.29, 0.717) is 24.2 Å². The number of esters is 1. The van der Waals surface area contributed by atoms with Crippen LogP contribution in [0.3, 0.4) is 0 Å². The van der Waals surface area contributed by atoms with E-state index in [1.165, 1.54) is 5.57 Å². The molecule has 8 heteroatoms. The monoisotopic (exact) mass is 686 g/mol. The summed E-state index contributed by atoms with van der Waals surface area (Å²) >= 11 is 0. The van der Waals surface area contributed by atoms with Crippen LogP contribution in [0.15, 0.2) is 48.1 Å². The molecule has 3 rings (SSSR count). The number of allylic oxidation sites excluding steroid dienone is 3. The molecule has 0 spiro atoms. The van der Waals surface area contributed by atoms with Gasteiger partial charge < -0.3 is 23.4 Å². The third-order valence-corrected chi connectivity index (χ3v) is 20.5. The number of rotatable bonds is 14. The van der Waals surface area contributed by atoms with E-state index in [1.807, 2.05) is 24.3 Å². The molecule has 0 unspecified atom stereocenters. The van der Waals surface area contributed by atoms with Crippen LogP contribution < -0.4 is 4.74 Å². The first-order valence-electron chi connectivity index (χ1n) is 17.9. The Morgan fingerprint density at radius 1 is 0.936 bits per heavy atom. The normalized spacial score (nSPS) is 25.1. The fourth-order valence-electron chi connectivity index (χ4n) is 6.52. The van der Waals surface area contributed by atoms with Gasteiger partial charge in [-0.2, -0.15) is 0 Å². The molecular weight excluding hydrogens is 621 g/mol. The van der Waals surface area contributed by atoms with Crippen molar-refractivity contribution in [2.24, 2.45) is 23.7 Å². The maximum absolute atomic E-state index is 13.4. The molecule has 0 radical (unpaired) electrons. The Bertz CT molecular complexity index is 1220. The summed E-state index contributed by atoms with van der Waals surface area (Å²) < 4.78 is 25.3. The van der Waals surface area contributed by atoms with Crippen LogP contribution in [0.4, 0.5) is 0 Å². The fourth-order valence-corrected chi connectivity index (χ4v) is 9.29. The molecule has 2 aliphatic rings. The summed E-state index contributed by atoms with van der Waals surface area (Å²) in [6, 6.07) is 7.60. The molecule has 6 nitrogen and oxygen atoms in total. The second-order valence-electron chi connectivity index (χ2n) is 17.4. The summed E-state index contributed by atoms with van der Waals surface area (Å²) in [5.74, 6) is 1.79. The van der Waals surface area contributed by atoms with Gasteiger partial charge in [0.15, 0.2) is 16.6 Å². The Morgan fingerprint density at radius 3 is 2.06 bits per heavy atom. The smallest absolute Gasteiger partial charge is 0.308 e. The van der Waals surface area contributed by atoms with E-state index >= 15 is 0 Å². The lowest BCUT2D eigenvalue weighted by Crippen LogP contribution is -2.48. The van der Waals surface area contributed by atoms with Crippen LogP contribution in [-0.2, 0) is 25.0 Å². The average molecular weight is 687 g/mol. The average Bonchev–Trinajstić information content (AvgIpc) is 2.94. The molecular formula is C39H66O6Si2. The highest BCUT2D eigenvalue weighted by Gasteiger charge is 2.44. The summed E-state index contributed by atoms with van der Waals surface area (Å²) in [5.41, 5.74) is 2.21. The van der Waals surface area contributed by atoms with E-state index in [0.717, 1.165) is 30.6 Å². The van der Waals surface area contributed by atoms with Crippen LogP contribution in [-0.4, -0.2) is 53.1 Å². The first-order valence-corrected chi connectivity index (χ1v) is 23.7. The molecule has 0 bridgehead atoms. The third-order valence-electron chi connectivity index (χ3n) is 11.5. The van der Waals surface area contributed by atoms with Gasteiger partial charge in [0.1, 0.15) is 12.4 Å². The molecule has 0 amide bonds. The van der Waals surface area contributed by atoms with Gasteiger partial charge in [0.2, 0.25) is 0 Å². The molecule has 0 aliphatic heterocycles. The van der Waals surface area contributed by atoms with E-state index < -0.39 is 16.6 Å². The minimum absolute atomic E-state index is 0.00507. The Morgan fingerprint density at radius 2 is 1.51 bits per heavy atom. The van der Waals surface area contributed by atoms with Gasteiger partial charge in [-0.15, -0.1) is 0 Å². The molecule has 266 valence electrons. The Balaban J connectivity index is 1.85. The van der Waals surface area contributed by atoms with Crippen molar-refractivity contribution >= 4 is 22.6 Å². The quantitative estimate of drug-likeness (QED) is 0.155. The predicted octanol–water partition coefficient (Wildman–Crippen LogP) is 9.85. The standard InChI is InChI=1S/C39H66O6Si2/c1-27-22-30-17-14-28(2)34(37(30)35(40)23-27)21-20-32(44-46(10,11)38(3,4)5)24-33(45-47(12,13)39(6,7)8)25-36(41)43-26-29-15-18-31(42-9)19-16-29/h14-19,22,27-28,32-35,37,40H,20-21,23-26H2,1-13H3/t27-,28-,32+,33+,34-,35-,37-/m0/s1. The number of aliphatic hydroxyl groups excluding tert-OH is 1. The first kappa shape index (κ1) is 39.7. The van der Waals surface area contributed by atoms with Gasteiger partial charge in [-0.3, -0.25) is 4.79 Å². The number of hydrogen-bond donors (Lipinski definition) is 1. The van der Waals surface area contributed by atoms with Gasteiger partial charge in [0, 0.05) is 12.0 Å². The number of hydrogen-bond acceptors (Lipinski definition) is 6. The van der Waals surface area contributed by atoms with Crippen molar-refractivity contribution in [2.75, 3.05) is 7.11 Å². The largest absolute Gasteiger partial charge is 0.497 e. The van der Waals surface area contributed by atoms with Crippen molar-refractivity contribution in [3.05, 3.63) is 53.6 Å². The maximum Gasteiger partial charge on any atom is 0.308 e. The number of fused-ring (bicyclic) bond motifs is 1. The Hall–Kier alpha value is -1.72. The molecule has 1 aromatic carbocycles. The molecule has 0 aromatic heterocycles. The molecule has 1 N–H and O–H groups in total. The predicted molar refractivity (Wildman–Crippen MR) is 199 cm³/mol. The number of aliphatic hydroxyl groups is 1. The molecule has 47 heavy (non-hydrogen) atoms. The van der Waals surface area contributed by atoms with Crippen LogP contribution in [0.25, 0.3) is 0 Å². The molecule has 0 fully saturated rings. The van der Waals surface area contributed by atoms with Crippen LogP contribution in [0.2, 0.25) is 36.3 Å². The minimum atomic E-state index is -2.22. The highest BCUT2D eigenvalue weighted by molar-refractivity contribution is 6.74. The highest BCUT2D eigenvalue weighted by Crippen LogP contribution is 2.45. The van der Waals surface area contributed by atoms with E-state index in [-0.39, 0.29) is 53.3 Å². The van der Waals surface area contributed by atoms with Crippen molar-refractivity contribution in [3.8, 4) is 5.75 Å². The number of ether oxygens (including phenoxy) is 2. The van der Waals surface area contributed by atoms with Gasteiger partial charge in [-0.05, 0) is 103 Å². The second-order valence-corrected chi connectivity index (χ2v) is 26.9. The Kier molecular flexibility index (Phi) is 13.4. The number of carbonyl (C=O) groups excluding carboxylic acids is 1. The number of methoxy groups -OCH3 is 1. The van der Waals surface area contributed by atoms with Gasteiger partial charge in [-0.25, -0.2) is 0 Å². The van der Waals surface area contributed by atoms with E-state index in [2.05, 4.69) is 99.8 Å². The van der Waals surface area contributed by atoms with Crippen molar-refractivity contribution in [2.45, 2.75) is 149 Å². The number of carbonyl (C=O) groups is 1. The molecule has 1 aromatic rings. The van der Waals surface area contributed by atoms with Gasteiger partial charge in [-0.1, -0.05) is 85.8 Å². The Labute approximate surface area is 289 Å². The first-order chi connectivity index (χ1) is 21.6. The second kappa shape index (κ2) is 15.9. The molecule has 7 atom stereocenters. The van der Waals surface area contributed by atoms with Crippen molar-refractivity contribution in [1.82, 2.24) is 0 Å². The molecule has 0 saturated heterocycles. The van der Waals surface area contributed by atoms with Gasteiger partial charge in [0.05, 0.1) is 25.7 Å². The van der Waals surface area contributed by atoms with Gasteiger partial charge in [0.25, 0.3) is 0 Å². The van der Waals surface area contributed by atoms with Gasteiger partial charge >= 0.3 is 5.97 Å². The zero-order valence-electron chi connectivity index (χ0n) is 31.8. The van der Waals surface area contributed by atoms with Crippen molar-refractivity contribution in [1.29, 1.82) is 0 Å². The summed E-state index contributed by atoms with van der Waals surface area (Å²) in [6.07, 6.45) is 9.69. The van der Waals surface area contributed by atoms with E-state index in [9.17, 15) is 9.90 Å². The fraction of sp³-hybridized carbons (Fsp3) is 0.718. The molecule has 0 heterocycles. The van der Waals surface area contributed by atoms with Crippen molar-refractivity contribution in [3.63, 3.8) is 0 Å². The van der Waals surface area contributed by atoms with Crippen LogP contribution >= 0.6 is 0 Å². The third kappa shape index (κ3) is 10.9. The van der Waals surface area contributed by atoms with Crippen LogP contribution in [0.5, 0.6) is 5.75 Å². The van der Waals surface area contributed by atoms with Crippen LogP contribution in [0.1, 0.15) is 93.1 Å². The summed E-state index contributed by atoms with van der Waals surface area (Å²) in [7, 11) is -2.72. The van der Waals surface area contributed by atoms with Crippen molar-refractivity contribution < 1.29 is 28.2 Å². The maximum atomic E-state index is 13.4. The summed E-state index contributed by atoms with van der Waals surface area (Å²) in [6.45, 7) is 27.4. The highest BCUT2D eigenvalue weighted by atomic mass is 28.4. The topological polar surface area (TPSA) is 74.2 Å². The number of benzene rings is 1. The lowest BCUT2D eigenvalue weighted by molar-refractivity contribution is -0.147. The lowest BCUT2D eigenvalue weighted by atomic mass is 9.65. The lowest BCUT2D eigenvalue weighted by Gasteiger charge is -2.44. The SMILES string of the molecule is COc1ccc(COC(=O)C[C@@H](C[C@@H](CC[C@@H]2[C@@H]3C(=C[C@H](C)C[C@@H]3O)C=C[C@@H]2C)O[Si](C)(C)C(C)(C)C)O[Si](C)(C)C(C)(C)C)cc1. The van der Waals surface area contributed by atoms with E-state index in [1.54, 1.807) is 7.11 Å².